The van der Waals surface area contributed by atoms with E-state index in [1.165, 1.54) is 19.2 Å². The van der Waals surface area contributed by atoms with Gasteiger partial charge in [0.15, 0.2) is 5.82 Å². The molecule has 1 aromatic carbocycles. The number of benzene rings is 1. The number of ether oxygens (including phenoxy) is 2. The van der Waals surface area contributed by atoms with Crippen molar-refractivity contribution in [1.82, 2.24) is 10.3 Å². The lowest BCUT2D eigenvalue weighted by Gasteiger charge is -2.21. The minimum absolute atomic E-state index is 0.0423. The summed E-state index contributed by atoms with van der Waals surface area (Å²) in [6.07, 6.45) is 1.27. The fourth-order valence-corrected chi connectivity index (χ4v) is 4.04. The maximum Gasteiger partial charge on any atom is 0.269 e. The lowest BCUT2D eigenvalue weighted by Crippen LogP contribution is -2.44. The van der Waals surface area contributed by atoms with Crippen molar-refractivity contribution in [2.24, 2.45) is 5.92 Å². The summed E-state index contributed by atoms with van der Waals surface area (Å²) in [4.78, 5) is 14.1. The standard InChI is InChI=1S/C15H20ClFN2O5S/c1-23-8-11-6-12(14(17)13(16)7-11)15(20)18-19-25(21,22)9-10-2-4-24-5-3-10/h6-7,10,19H,2-5,8-9H2,1H3,(H,18,20). The minimum atomic E-state index is -3.75. The molecule has 2 N–H and O–H groups in total. The first kappa shape index (κ1) is 20.1. The molecule has 10 heteroatoms. The number of carbonyl (C=O) groups excluding carboxylic acids is 1. The van der Waals surface area contributed by atoms with Crippen molar-refractivity contribution in [2.45, 2.75) is 19.4 Å². The van der Waals surface area contributed by atoms with Crippen LogP contribution in [0.15, 0.2) is 12.1 Å². The van der Waals surface area contributed by atoms with Crippen LogP contribution in [0.4, 0.5) is 4.39 Å². The summed E-state index contributed by atoms with van der Waals surface area (Å²) in [5.74, 6) is -2.04. The number of sulfonamides is 1. The van der Waals surface area contributed by atoms with E-state index in [-0.39, 0.29) is 28.9 Å². The molecule has 1 heterocycles. The Balaban J connectivity index is 2.01. The number of rotatable bonds is 7. The fourth-order valence-electron chi connectivity index (χ4n) is 2.52. The minimum Gasteiger partial charge on any atom is -0.381 e. The molecule has 1 aliphatic heterocycles. The molecule has 0 radical (unpaired) electrons. The second-order valence-corrected chi connectivity index (χ2v) is 7.94. The molecule has 7 nitrogen and oxygen atoms in total. The Kier molecular flexibility index (Phi) is 7.14. The maximum absolute atomic E-state index is 14.0. The molecule has 0 unspecified atom stereocenters. The van der Waals surface area contributed by atoms with Gasteiger partial charge in [-0.15, -0.1) is 4.83 Å². The Morgan fingerprint density at radius 1 is 1.40 bits per heavy atom. The van der Waals surface area contributed by atoms with Crippen LogP contribution in [0.3, 0.4) is 0 Å². The van der Waals surface area contributed by atoms with Gasteiger partial charge in [0.25, 0.3) is 5.91 Å². The van der Waals surface area contributed by atoms with E-state index in [4.69, 9.17) is 21.1 Å². The van der Waals surface area contributed by atoms with Crippen LogP contribution in [0.25, 0.3) is 0 Å². The van der Waals surface area contributed by atoms with E-state index in [1.54, 1.807) is 0 Å². The molecular formula is C15H20ClFN2O5S. The predicted molar refractivity (Wildman–Crippen MR) is 90.1 cm³/mol. The van der Waals surface area contributed by atoms with Crippen molar-refractivity contribution in [3.05, 3.63) is 34.1 Å². The van der Waals surface area contributed by atoms with Crippen LogP contribution < -0.4 is 10.3 Å². The first-order chi connectivity index (χ1) is 11.8. The summed E-state index contributed by atoms with van der Waals surface area (Å²) in [6.45, 7) is 1.17. The Bertz CT molecular complexity index is 723. The molecule has 2 rings (SSSR count). The van der Waals surface area contributed by atoms with Crippen LogP contribution in [-0.4, -0.2) is 40.4 Å². The van der Waals surface area contributed by atoms with E-state index in [2.05, 4.69) is 0 Å². The molecule has 140 valence electrons. The zero-order valence-corrected chi connectivity index (χ0v) is 15.3. The number of carbonyl (C=O) groups is 1. The maximum atomic E-state index is 14.0. The number of hydrogen-bond acceptors (Lipinski definition) is 5. The Morgan fingerprint density at radius 2 is 2.08 bits per heavy atom. The molecular weight excluding hydrogens is 375 g/mol. The number of hydrogen-bond donors (Lipinski definition) is 2. The van der Waals surface area contributed by atoms with E-state index >= 15 is 0 Å². The highest BCUT2D eigenvalue weighted by atomic mass is 35.5. The Hall–Kier alpha value is -1.26. The second-order valence-electron chi connectivity index (χ2n) is 5.77. The van der Waals surface area contributed by atoms with Gasteiger partial charge in [0.1, 0.15) is 0 Å². The van der Waals surface area contributed by atoms with Gasteiger partial charge >= 0.3 is 0 Å². The van der Waals surface area contributed by atoms with Gasteiger partial charge < -0.3 is 9.47 Å². The van der Waals surface area contributed by atoms with Gasteiger partial charge in [-0.05, 0) is 36.5 Å². The molecule has 1 amide bonds. The largest absolute Gasteiger partial charge is 0.381 e. The molecule has 0 saturated carbocycles. The number of hydrazine groups is 1. The van der Waals surface area contributed by atoms with Gasteiger partial charge in [-0.1, -0.05) is 11.6 Å². The second kappa shape index (κ2) is 8.91. The first-order valence-electron chi connectivity index (χ1n) is 7.67. The van der Waals surface area contributed by atoms with Crippen molar-refractivity contribution >= 4 is 27.5 Å². The Morgan fingerprint density at radius 3 is 2.72 bits per heavy atom. The van der Waals surface area contributed by atoms with Gasteiger partial charge in [-0.2, -0.15) is 0 Å². The van der Waals surface area contributed by atoms with Crippen LogP contribution in [-0.2, 0) is 26.1 Å². The highest BCUT2D eigenvalue weighted by Gasteiger charge is 2.23. The molecule has 0 aromatic heterocycles. The normalized spacial score (nSPS) is 16.0. The third kappa shape index (κ3) is 5.89. The molecule has 1 aliphatic rings. The highest BCUT2D eigenvalue weighted by molar-refractivity contribution is 7.89. The topological polar surface area (TPSA) is 93.7 Å². The molecule has 1 aromatic rings. The van der Waals surface area contributed by atoms with Gasteiger partial charge in [-0.3, -0.25) is 10.2 Å². The van der Waals surface area contributed by atoms with E-state index in [0.717, 1.165) is 0 Å². The smallest absolute Gasteiger partial charge is 0.269 e. The van der Waals surface area contributed by atoms with Crippen LogP contribution in [0, 0.1) is 11.7 Å². The predicted octanol–water partition coefficient (Wildman–Crippen LogP) is 1.62. The van der Waals surface area contributed by atoms with E-state index in [0.29, 0.717) is 31.6 Å². The molecule has 1 saturated heterocycles. The van der Waals surface area contributed by atoms with Crippen LogP contribution >= 0.6 is 11.6 Å². The molecule has 0 aliphatic carbocycles. The van der Waals surface area contributed by atoms with E-state index < -0.39 is 21.7 Å². The average Bonchev–Trinajstić information content (AvgIpc) is 2.56. The van der Waals surface area contributed by atoms with E-state index in [1.807, 2.05) is 10.3 Å². The molecule has 25 heavy (non-hydrogen) atoms. The fraction of sp³-hybridized carbons (Fsp3) is 0.533. The van der Waals surface area contributed by atoms with Crippen molar-refractivity contribution < 1.29 is 27.1 Å². The van der Waals surface area contributed by atoms with Crippen LogP contribution in [0.2, 0.25) is 5.02 Å². The molecule has 0 bridgehead atoms. The summed E-state index contributed by atoms with van der Waals surface area (Å²) < 4.78 is 48.2. The number of methoxy groups -OCH3 is 1. The van der Waals surface area contributed by atoms with Crippen LogP contribution in [0.1, 0.15) is 28.8 Å². The van der Waals surface area contributed by atoms with Gasteiger partial charge in [-0.25, -0.2) is 12.8 Å². The van der Waals surface area contributed by atoms with Crippen molar-refractivity contribution in [3.8, 4) is 0 Å². The number of amides is 1. The van der Waals surface area contributed by atoms with Crippen molar-refractivity contribution in [2.75, 3.05) is 26.1 Å². The highest BCUT2D eigenvalue weighted by Crippen LogP contribution is 2.21. The molecule has 0 spiro atoms. The number of halogens is 2. The summed E-state index contributed by atoms with van der Waals surface area (Å²) in [7, 11) is -2.30. The summed E-state index contributed by atoms with van der Waals surface area (Å²) in [6, 6.07) is 2.60. The molecule has 1 fully saturated rings. The zero-order valence-electron chi connectivity index (χ0n) is 13.7. The van der Waals surface area contributed by atoms with Crippen LogP contribution in [0.5, 0.6) is 0 Å². The van der Waals surface area contributed by atoms with Gasteiger partial charge in [0, 0.05) is 20.3 Å². The molecule has 0 atom stereocenters. The van der Waals surface area contributed by atoms with Crippen molar-refractivity contribution in [1.29, 1.82) is 0 Å². The summed E-state index contributed by atoms with van der Waals surface area (Å²) in [5, 5.41) is -0.246. The Labute approximate surface area is 150 Å². The lowest BCUT2D eigenvalue weighted by atomic mass is 10.0. The number of nitrogens with one attached hydrogen (secondary N) is 2. The third-order valence-corrected chi connectivity index (χ3v) is 5.36. The zero-order chi connectivity index (χ0) is 18.4. The SMILES string of the molecule is COCc1cc(Cl)c(F)c(C(=O)NNS(=O)(=O)CC2CCOCC2)c1. The van der Waals surface area contributed by atoms with Gasteiger partial charge in [0.2, 0.25) is 10.0 Å². The van der Waals surface area contributed by atoms with Gasteiger partial charge in [0.05, 0.1) is 22.9 Å². The van der Waals surface area contributed by atoms with Crippen molar-refractivity contribution in [3.63, 3.8) is 0 Å². The summed E-state index contributed by atoms with van der Waals surface area (Å²) >= 11 is 5.76. The summed E-state index contributed by atoms with van der Waals surface area (Å²) in [5.41, 5.74) is 2.14. The first-order valence-corrected chi connectivity index (χ1v) is 9.70. The van der Waals surface area contributed by atoms with E-state index in [9.17, 15) is 17.6 Å². The quantitative estimate of drug-likeness (QED) is 0.685. The monoisotopic (exact) mass is 394 g/mol. The average molecular weight is 395 g/mol. The third-order valence-electron chi connectivity index (χ3n) is 3.76. The lowest BCUT2D eigenvalue weighted by molar-refractivity contribution is 0.0722.